The third kappa shape index (κ3) is 5.52. The van der Waals surface area contributed by atoms with Gasteiger partial charge in [0.1, 0.15) is 6.54 Å². The summed E-state index contributed by atoms with van der Waals surface area (Å²) in [5.41, 5.74) is 3.62. The average molecular weight is 437 g/mol. The maximum absolute atomic E-state index is 13.4. The van der Waals surface area contributed by atoms with Gasteiger partial charge in [0.05, 0.1) is 10.6 Å². The fraction of sp³-hybridized carbons (Fsp3) is 0.240. The van der Waals surface area contributed by atoms with E-state index >= 15 is 0 Å². The molecule has 0 aliphatic rings. The van der Waals surface area contributed by atoms with Crippen LogP contribution in [0.4, 0.5) is 5.69 Å². The van der Waals surface area contributed by atoms with Crippen LogP contribution in [0.5, 0.6) is 0 Å². The summed E-state index contributed by atoms with van der Waals surface area (Å²) >= 11 is 0. The molecule has 0 spiro atoms. The molecule has 0 heterocycles. The van der Waals surface area contributed by atoms with Crippen molar-refractivity contribution in [2.75, 3.05) is 10.8 Å². The van der Waals surface area contributed by atoms with Crippen molar-refractivity contribution in [1.82, 2.24) is 5.32 Å². The SMILES string of the molecule is Cc1ccccc1CNC(=O)CN(c1ccc(C(C)C)cc1)S(=O)(=O)c1ccccc1. The van der Waals surface area contributed by atoms with Gasteiger partial charge in [0, 0.05) is 6.54 Å². The molecule has 0 atom stereocenters. The van der Waals surface area contributed by atoms with Gasteiger partial charge < -0.3 is 5.32 Å². The topological polar surface area (TPSA) is 66.5 Å². The first-order valence-electron chi connectivity index (χ1n) is 10.3. The van der Waals surface area contributed by atoms with Gasteiger partial charge in [-0.25, -0.2) is 8.42 Å². The van der Waals surface area contributed by atoms with Crippen molar-refractivity contribution in [3.63, 3.8) is 0 Å². The first-order chi connectivity index (χ1) is 14.8. The minimum Gasteiger partial charge on any atom is -0.350 e. The number of sulfonamides is 1. The van der Waals surface area contributed by atoms with Crippen molar-refractivity contribution in [1.29, 1.82) is 0 Å². The van der Waals surface area contributed by atoms with Crippen molar-refractivity contribution >= 4 is 21.6 Å². The second-order valence-corrected chi connectivity index (χ2v) is 9.64. The summed E-state index contributed by atoms with van der Waals surface area (Å²) in [4.78, 5) is 12.9. The van der Waals surface area contributed by atoms with E-state index in [0.29, 0.717) is 18.2 Å². The highest BCUT2D eigenvalue weighted by atomic mass is 32.2. The van der Waals surface area contributed by atoms with Gasteiger partial charge in [-0.15, -0.1) is 0 Å². The van der Waals surface area contributed by atoms with Gasteiger partial charge in [0.2, 0.25) is 5.91 Å². The van der Waals surface area contributed by atoms with E-state index in [1.165, 1.54) is 16.4 Å². The second kappa shape index (κ2) is 9.79. The van der Waals surface area contributed by atoms with Crippen molar-refractivity contribution < 1.29 is 13.2 Å². The number of carbonyl (C=O) groups is 1. The first kappa shape index (κ1) is 22.6. The maximum atomic E-state index is 13.4. The molecule has 0 saturated heterocycles. The number of anilines is 1. The van der Waals surface area contributed by atoms with Gasteiger partial charge in [-0.2, -0.15) is 0 Å². The van der Waals surface area contributed by atoms with E-state index in [-0.39, 0.29) is 17.3 Å². The molecular weight excluding hydrogens is 408 g/mol. The molecule has 0 radical (unpaired) electrons. The van der Waals surface area contributed by atoms with Gasteiger partial charge in [-0.1, -0.05) is 68.4 Å². The number of nitrogens with zero attached hydrogens (tertiary/aromatic N) is 1. The summed E-state index contributed by atoms with van der Waals surface area (Å²) < 4.78 is 27.9. The minimum atomic E-state index is -3.90. The number of hydrogen-bond donors (Lipinski definition) is 1. The number of aryl methyl sites for hydroxylation is 1. The van der Waals surface area contributed by atoms with Crippen LogP contribution < -0.4 is 9.62 Å². The van der Waals surface area contributed by atoms with Gasteiger partial charge in [0.25, 0.3) is 10.0 Å². The molecule has 0 aliphatic heterocycles. The molecule has 6 heteroatoms. The summed E-state index contributed by atoms with van der Waals surface area (Å²) in [7, 11) is -3.90. The minimum absolute atomic E-state index is 0.148. The van der Waals surface area contributed by atoms with E-state index in [2.05, 4.69) is 19.2 Å². The quantitative estimate of drug-likeness (QED) is 0.560. The third-order valence-electron chi connectivity index (χ3n) is 5.20. The molecule has 0 bridgehead atoms. The Morgan fingerprint density at radius 3 is 2.13 bits per heavy atom. The number of rotatable bonds is 8. The fourth-order valence-electron chi connectivity index (χ4n) is 3.25. The molecule has 3 aromatic carbocycles. The molecule has 0 saturated carbocycles. The Labute approximate surface area is 184 Å². The average Bonchev–Trinajstić information content (AvgIpc) is 2.77. The van der Waals surface area contributed by atoms with Crippen LogP contribution in [0, 0.1) is 6.92 Å². The van der Waals surface area contributed by atoms with Crippen LogP contribution in [-0.4, -0.2) is 20.9 Å². The van der Waals surface area contributed by atoms with Crippen LogP contribution in [0.2, 0.25) is 0 Å². The molecular formula is C25H28N2O3S. The van der Waals surface area contributed by atoms with Crippen molar-refractivity contribution in [2.45, 2.75) is 38.1 Å². The van der Waals surface area contributed by atoms with E-state index in [1.54, 1.807) is 30.3 Å². The van der Waals surface area contributed by atoms with Gasteiger partial charge in [-0.05, 0) is 53.8 Å². The molecule has 5 nitrogen and oxygen atoms in total. The second-order valence-electron chi connectivity index (χ2n) is 7.77. The highest BCUT2D eigenvalue weighted by molar-refractivity contribution is 7.92. The van der Waals surface area contributed by atoms with Crippen LogP contribution in [0.15, 0.2) is 83.8 Å². The lowest BCUT2D eigenvalue weighted by Gasteiger charge is -2.24. The number of nitrogens with one attached hydrogen (secondary N) is 1. The smallest absolute Gasteiger partial charge is 0.264 e. The summed E-state index contributed by atoms with van der Waals surface area (Å²) in [5.74, 6) is -0.0404. The molecule has 0 unspecified atom stereocenters. The highest BCUT2D eigenvalue weighted by Crippen LogP contribution is 2.25. The zero-order chi connectivity index (χ0) is 22.4. The lowest BCUT2D eigenvalue weighted by atomic mass is 10.0. The van der Waals surface area contributed by atoms with E-state index in [0.717, 1.165) is 16.7 Å². The number of amides is 1. The molecule has 0 aromatic heterocycles. The maximum Gasteiger partial charge on any atom is 0.264 e. The van der Waals surface area contributed by atoms with Gasteiger partial charge >= 0.3 is 0 Å². The normalized spacial score (nSPS) is 11.4. The third-order valence-corrected chi connectivity index (χ3v) is 6.99. The molecule has 0 aliphatic carbocycles. The molecule has 0 fully saturated rings. The highest BCUT2D eigenvalue weighted by Gasteiger charge is 2.27. The predicted molar refractivity (Wildman–Crippen MR) is 125 cm³/mol. The zero-order valence-electron chi connectivity index (χ0n) is 18.1. The number of hydrogen-bond acceptors (Lipinski definition) is 3. The van der Waals surface area contributed by atoms with E-state index in [4.69, 9.17) is 0 Å². The van der Waals surface area contributed by atoms with E-state index < -0.39 is 10.0 Å². The van der Waals surface area contributed by atoms with E-state index in [1.807, 2.05) is 43.3 Å². The summed E-state index contributed by atoms with van der Waals surface area (Å²) in [6.07, 6.45) is 0. The Bertz CT molecular complexity index is 1120. The first-order valence-corrected chi connectivity index (χ1v) is 11.7. The van der Waals surface area contributed by atoms with Crippen molar-refractivity contribution in [3.8, 4) is 0 Å². The molecule has 3 rings (SSSR count). The monoisotopic (exact) mass is 436 g/mol. The lowest BCUT2D eigenvalue weighted by Crippen LogP contribution is -2.40. The lowest BCUT2D eigenvalue weighted by molar-refractivity contribution is -0.119. The summed E-state index contributed by atoms with van der Waals surface area (Å²) in [6, 6.07) is 23.3. The molecule has 1 N–H and O–H groups in total. The van der Waals surface area contributed by atoms with Gasteiger partial charge in [0.15, 0.2) is 0 Å². The Hall–Kier alpha value is -3.12. The Kier molecular flexibility index (Phi) is 7.13. The fourth-order valence-corrected chi connectivity index (χ4v) is 4.69. The molecule has 31 heavy (non-hydrogen) atoms. The number of benzene rings is 3. The number of carbonyl (C=O) groups excluding carboxylic acids is 1. The van der Waals surface area contributed by atoms with Crippen LogP contribution in [0.1, 0.15) is 36.5 Å². The van der Waals surface area contributed by atoms with Crippen LogP contribution in [0.25, 0.3) is 0 Å². The summed E-state index contributed by atoms with van der Waals surface area (Å²) in [5, 5.41) is 2.85. The Balaban J connectivity index is 1.87. The Morgan fingerprint density at radius 1 is 0.903 bits per heavy atom. The van der Waals surface area contributed by atoms with Crippen molar-refractivity contribution in [3.05, 3.63) is 95.6 Å². The summed E-state index contributed by atoms with van der Waals surface area (Å²) in [6.45, 7) is 6.17. The Morgan fingerprint density at radius 2 is 1.52 bits per heavy atom. The zero-order valence-corrected chi connectivity index (χ0v) is 18.9. The predicted octanol–water partition coefficient (Wildman–Crippen LogP) is 4.63. The standard InChI is InChI=1S/C25H28N2O3S/c1-19(2)21-13-15-23(16-14-21)27(31(29,30)24-11-5-4-6-12-24)18-25(28)26-17-22-10-8-7-9-20(22)3/h4-16,19H,17-18H2,1-3H3,(H,26,28). The largest absolute Gasteiger partial charge is 0.350 e. The van der Waals surface area contributed by atoms with E-state index in [9.17, 15) is 13.2 Å². The van der Waals surface area contributed by atoms with Crippen LogP contribution >= 0.6 is 0 Å². The molecule has 162 valence electrons. The molecule has 1 amide bonds. The molecule has 3 aromatic rings. The van der Waals surface area contributed by atoms with Crippen LogP contribution in [-0.2, 0) is 21.4 Å². The van der Waals surface area contributed by atoms with Gasteiger partial charge in [-0.3, -0.25) is 9.10 Å². The van der Waals surface area contributed by atoms with Crippen LogP contribution in [0.3, 0.4) is 0 Å². The van der Waals surface area contributed by atoms with Crippen molar-refractivity contribution in [2.24, 2.45) is 0 Å².